The zero-order valence-electron chi connectivity index (χ0n) is 20.3. The number of rotatable bonds is 8. The van der Waals surface area contributed by atoms with Crippen molar-refractivity contribution in [1.29, 1.82) is 0 Å². The topological polar surface area (TPSA) is 70.2 Å². The molecule has 0 atom stereocenters. The number of carbonyl (C=O) groups is 2. The first kappa shape index (κ1) is 24.7. The molecule has 35 heavy (non-hydrogen) atoms. The van der Waals surface area contributed by atoms with Gasteiger partial charge in [0, 0.05) is 25.2 Å². The van der Waals surface area contributed by atoms with Crippen molar-refractivity contribution in [3.63, 3.8) is 0 Å². The van der Waals surface area contributed by atoms with Crippen LogP contribution in [-0.2, 0) is 17.8 Å². The van der Waals surface area contributed by atoms with Crippen molar-refractivity contribution in [1.82, 2.24) is 10.6 Å². The van der Waals surface area contributed by atoms with Crippen LogP contribution in [0.2, 0.25) is 0 Å². The lowest BCUT2D eigenvalue weighted by molar-refractivity contribution is -0.119. The molecule has 184 valence electrons. The molecule has 0 radical (unpaired) electrons. The van der Waals surface area contributed by atoms with Crippen LogP contribution in [0.25, 0.3) is 10.8 Å². The summed E-state index contributed by atoms with van der Waals surface area (Å²) in [5.74, 6) is 0.452. The number of hydrogen-bond donors (Lipinski definition) is 3. The molecule has 0 aromatic heterocycles. The van der Waals surface area contributed by atoms with E-state index in [1.54, 1.807) is 6.07 Å². The summed E-state index contributed by atoms with van der Waals surface area (Å²) in [7, 11) is 0. The largest absolute Gasteiger partial charge is 0.352 e. The lowest BCUT2D eigenvalue weighted by Gasteiger charge is -2.29. The fraction of sp³-hybridized carbons (Fsp3) is 0.379. The molecule has 0 unspecified atom stereocenters. The molecule has 3 amide bonds. The van der Waals surface area contributed by atoms with Gasteiger partial charge in [0.25, 0.3) is 0 Å². The second-order valence-corrected chi connectivity index (χ2v) is 9.64. The van der Waals surface area contributed by atoms with E-state index in [1.807, 2.05) is 36.4 Å². The number of halogens is 1. The predicted molar refractivity (Wildman–Crippen MR) is 139 cm³/mol. The standard InChI is InChI=1S/C29H34FN3O2/c1-20(34)31-19-23-8-15-28(16-9-23)33-29(35)32-27-13-6-21(7-14-27)3-2-4-22-5-10-25-18-26(30)12-11-24(25)17-22/h5,8-12,15-18,21,27H,2-4,6-7,13-14,19H2,1H3,(H,31,34)(H2,32,33,35). The summed E-state index contributed by atoms with van der Waals surface area (Å²) in [6.45, 7) is 1.97. The molecule has 3 aromatic carbocycles. The molecular formula is C29H34FN3O2. The highest BCUT2D eigenvalue weighted by Crippen LogP contribution is 2.29. The maximum Gasteiger partial charge on any atom is 0.319 e. The van der Waals surface area contributed by atoms with Gasteiger partial charge in [-0.3, -0.25) is 4.79 Å². The summed E-state index contributed by atoms with van der Waals surface area (Å²) in [6, 6.07) is 18.8. The molecule has 0 bridgehead atoms. The first-order chi connectivity index (χ1) is 16.9. The summed E-state index contributed by atoms with van der Waals surface area (Å²) >= 11 is 0. The second-order valence-electron chi connectivity index (χ2n) is 9.64. The van der Waals surface area contributed by atoms with Gasteiger partial charge in [-0.05, 0) is 90.6 Å². The van der Waals surface area contributed by atoms with Crippen molar-refractivity contribution in [3.05, 3.63) is 77.6 Å². The molecule has 1 aliphatic rings. The quantitative estimate of drug-likeness (QED) is 0.357. The highest BCUT2D eigenvalue weighted by atomic mass is 19.1. The van der Waals surface area contributed by atoms with Crippen LogP contribution < -0.4 is 16.0 Å². The van der Waals surface area contributed by atoms with Crippen LogP contribution in [0.1, 0.15) is 56.6 Å². The molecule has 0 saturated heterocycles. The Morgan fingerprint density at radius 2 is 1.57 bits per heavy atom. The number of nitrogens with one attached hydrogen (secondary N) is 3. The number of hydrogen-bond acceptors (Lipinski definition) is 2. The molecule has 3 N–H and O–H groups in total. The minimum absolute atomic E-state index is 0.0648. The van der Waals surface area contributed by atoms with Gasteiger partial charge in [-0.15, -0.1) is 0 Å². The third kappa shape index (κ3) is 7.54. The Balaban J connectivity index is 1.14. The maximum absolute atomic E-state index is 13.4. The van der Waals surface area contributed by atoms with Gasteiger partial charge < -0.3 is 16.0 Å². The Morgan fingerprint density at radius 1 is 0.886 bits per heavy atom. The summed E-state index contributed by atoms with van der Waals surface area (Å²) < 4.78 is 13.4. The number of aryl methyl sites for hydroxylation is 1. The fourth-order valence-corrected chi connectivity index (χ4v) is 4.90. The Bertz CT molecular complexity index is 1150. The molecule has 0 heterocycles. The van der Waals surface area contributed by atoms with Crippen molar-refractivity contribution in [2.24, 2.45) is 5.92 Å². The minimum Gasteiger partial charge on any atom is -0.352 e. The molecule has 1 fully saturated rings. The fourth-order valence-electron chi connectivity index (χ4n) is 4.90. The average molecular weight is 476 g/mol. The SMILES string of the molecule is CC(=O)NCc1ccc(NC(=O)NC2CCC(CCCc3ccc4cc(F)ccc4c3)CC2)cc1. The third-order valence-corrected chi connectivity index (χ3v) is 6.88. The molecule has 3 aromatic rings. The van der Waals surface area contributed by atoms with E-state index in [9.17, 15) is 14.0 Å². The van der Waals surface area contributed by atoms with Crippen LogP contribution in [0.15, 0.2) is 60.7 Å². The average Bonchev–Trinajstić information content (AvgIpc) is 2.84. The number of anilines is 1. The van der Waals surface area contributed by atoms with Gasteiger partial charge >= 0.3 is 6.03 Å². The number of fused-ring (bicyclic) bond motifs is 1. The van der Waals surface area contributed by atoms with Gasteiger partial charge in [0.1, 0.15) is 5.82 Å². The monoisotopic (exact) mass is 475 g/mol. The van der Waals surface area contributed by atoms with Gasteiger partial charge in [0.15, 0.2) is 0 Å². The Hall–Kier alpha value is -3.41. The van der Waals surface area contributed by atoms with E-state index >= 15 is 0 Å². The van der Waals surface area contributed by atoms with E-state index in [4.69, 9.17) is 0 Å². The van der Waals surface area contributed by atoms with E-state index in [0.29, 0.717) is 12.5 Å². The molecule has 0 aliphatic heterocycles. The highest BCUT2D eigenvalue weighted by Gasteiger charge is 2.22. The van der Waals surface area contributed by atoms with E-state index in [1.165, 1.54) is 25.0 Å². The number of urea groups is 1. The zero-order chi connectivity index (χ0) is 24.6. The minimum atomic E-state index is -0.193. The van der Waals surface area contributed by atoms with Crippen molar-refractivity contribution < 1.29 is 14.0 Å². The molecule has 5 nitrogen and oxygen atoms in total. The molecule has 1 saturated carbocycles. The Kier molecular flexibility index (Phi) is 8.35. The van der Waals surface area contributed by atoms with Crippen molar-refractivity contribution >= 4 is 28.4 Å². The lowest BCUT2D eigenvalue weighted by atomic mass is 9.83. The number of amides is 3. The molecule has 6 heteroatoms. The molecule has 4 rings (SSSR count). The van der Waals surface area contributed by atoms with E-state index in [-0.39, 0.29) is 23.8 Å². The summed E-state index contributed by atoms with van der Waals surface area (Å²) in [6.07, 6.45) is 7.68. The van der Waals surface area contributed by atoms with Gasteiger partial charge in [-0.25, -0.2) is 9.18 Å². The van der Waals surface area contributed by atoms with Crippen LogP contribution in [0.5, 0.6) is 0 Å². The van der Waals surface area contributed by atoms with Crippen LogP contribution >= 0.6 is 0 Å². The van der Waals surface area contributed by atoms with Crippen LogP contribution in [-0.4, -0.2) is 18.0 Å². The lowest BCUT2D eigenvalue weighted by Crippen LogP contribution is -2.40. The number of carbonyl (C=O) groups excluding carboxylic acids is 2. The predicted octanol–water partition coefficient (Wildman–Crippen LogP) is 6.32. The van der Waals surface area contributed by atoms with Crippen LogP contribution in [0, 0.1) is 11.7 Å². The van der Waals surface area contributed by atoms with Gasteiger partial charge in [-0.1, -0.05) is 42.8 Å². The normalized spacial score (nSPS) is 17.7. The van der Waals surface area contributed by atoms with Crippen LogP contribution in [0.3, 0.4) is 0 Å². The second kappa shape index (κ2) is 11.8. The van der Waals surface area contributed by atoms with Gasteiger partial charge in [-0.2, -0.15) is 0 Å². The smallest absolute Gasteiger partial charge is 0.319 e. The first-order valence-electron chi connectivity index (χ1n) is 12.5. The van der Waals surface area contributed by atoms with Crippen LogP contribution in [0.4, 0.5) is 14.9 Å². The number of benzene rings is 3. The van der Waals surface area contributed by atoms with Gasteiger partial charge in [0.05, 0.1) is 0 Å². The zero-order valence-corrected chi connectivity index (χ0v) is 20.3. The molecule has 0 spiro atoms. The van der Waals surface area contributed by atoms with Crippen molar-refractivity contribution in [2.75, 3.05) is 5.32 Å². The maximum atomic E-state index is 13.4. The highest BCUT2D eigenvalue weighted by molar-refractivity contribution is 5.89. The Labute approximate surface area is 206 Å². The van der Waals surface area contributed by atoms with E-state index in [0.717, 1.165) is 60.5 Å². The first-order valence-corrected chi connectivity index (χ1v) is 12.5. The molecular weight excluding hydrogens is 441 g/mol. The summed E-state index contributed by atoms with van der Waals surface area (Å²) in [4.78, 5) is 23.4. The third-order valence-electron chi connectivity index (χ3n) is 6.88. The summed E-state index contributed by atoms with van der Waals surface area (Å²) in [5.41, 5.74) is 3.03. The summed E-state index contributed by atoms with van der Waals surface area (Å²) in [5, 5.41) is 10.8. The van der Waals surface area contributed by atoms with Crippen molar-refractivity contribution in [2.45, 2.75) is 64.5 Å². The van der Waals surface area contributed by atoms with Gasteiger partial charge in [0.2, 0.25) is 5.91 Å². The van der Waals surface area contributed by atoms with E-state index < -0.39 is 0 Å². The molecule has 1 aliphatic carbocycles. The Morgan fingerprint density at radius 3 is 2.31 bits per heavy atom. The van der Waals surface area contributed by atoms with Crippen molar-refractivity contribution in [3.8, 4) is 0 Å². The van der Waals surface area contributed by atoms with E-state index in [2.05, 4.69) is 28.1 Å².